The molecule has 1 aromatic heterocycles. The van der Waals surface area contributed by atoms with Gasteiger partial charge in [-0.1, -0.05) is 0 Å². The number of Topliss-reactive ketones (excluding diaryl/α,β-unsaturated/α-hetero) is 1. The van der Waals surface area contributed by atoms with Crippen molar-refractivity contribution in [2.75, 3.05) is 0 Å². The maximum atomic E-state index is 11.8. The van der Waals surface area contributed by atoms with Gasteiger partial charge in [0.05, 0.1) is 0 Å². The number of hydrogen-bond acceptors (Lipinski definition) is 2. The lowest BCUT2D eigenvalue weighted by Gasteiger charge is -2.03. The Kier molecular flexibility index (Phi) is 3.79. The summed E-state index contributed by atoms with van der Waals surface area (Å²) in [5.74, 6) is -0.465. The van der Waals surface area contributed by atoms with Crippen molar-refractivity contribution in [2.45, 2.75) is 25.4 Å². The number of halogens is 4. The fourth-order valence-corrected chi connectivity index (χ4v) is 1.18. The number of alkyl halides is 3. The van der Waals surface area contributed by atoms with Crippen LogP contribution in [0.1, 0.15) is 29.8 Å². The number of rotatable bonds is 4. The van der Waals surface area contributed by atoms with E-state index < -0.39 is 18.4 Å². The summed E-state index contributed by atoms with van der Waals surface area (Å²) in [6, 6.07) is 2.72. The first-order valence-electron chi connectivity index (χ1n) is 4.24. The summed E-state index contributed by atoms with van der Waals surface area (Å²) >= 11 is 5.41. The maximum Gasteiger partial charge on any atom is 0.389 e. The van der Waals surface area contributed by atoms with Gasteiger partial charge in [0.2, 0.25) is 0 Å². The molecule has 0 aromatic carbocycles. The Bertz CT molecular complexity index is 343. The van der Waals surface area contributed by atoms with Crippen molar-refractivity contribution in [1.82, 2.24) is 0 Å². The van der Waals surface area contributed by atoms with Crippen LogP contribution in [0.2, 0.25) is 5.22 Å². The normalized spacial score (nSPS) is 11.7. The lowest BCUT2D eigenvalue weighted by molar-refractivity contribution is -0.135. The first-order valence-corrected chi connectivity index (χ1v) is 4.61. The molecular formula is C9H8ClF3O2. The average molecular weight is 241 g/mol. The number of carbonyl (C=O) groups is 1. The van der Waals surface area contributed by atoms with Crippen molar-refractivity contribution in [2.24, 2.45) is 0 Å². The molecule has 0 spiro atoms. The van der Waals surface area contributed by atoms with E-state index in [1.807, 2.05) is 0 Å². The van der Waals surface area contributed by atoms with Crippen LogP contribution in [0.25, 0.3) is 0 Å². The highest BCUT2D eigenvalue weighted by atomic mass is 35.5. The van der Waals surface area contributed by atoms with E-state index in [0.29, 0.717) is 0 Å². The number of hydrogen-bond donors (Lipinski definition) is 0. The Hall–Kier alpha value is -0.970. The van der Waals surface area contributed by atoms with Crippen LogP contribution in [0, 0.1) is 0 Å². The molecule has 0 aliphatic carbocycles. The summed E-state index contributed by atoms with van der Waals surface area (Å²) in [6.45, 7) is 0. The molecule has 0 aliphatic heterocycles. The molecule has 0 N–H and O–H groups in total. The number of furan rings is 1. The number of carbonyl (C=O) groups excluding carboxylic acids is 1. The smallest absolute Gasteiger partial charge is 0.389 e. The van der Waals surface area contributed by atoms with Crippen LogP contribution in [-0.2, 0) is 0 Å². The summed E-state index contributed by atoms with van der Waals surface area (Å²) in [5.41, 5.74) is 0. The highest BCUT2D eigenvalue weighted by Gasteiger charge is 2.26. The highest BCUT2D eigenvalue weighted by Crippen LogP contribution is 2.23. The van der Waals surface area contributed by atoms with Gasteiger partial charge in [0.25, 0.3) is 0 Å². The van der Waals surface area contributed by atoms with Gasteiger partial charge in [-0.2, -0.15) is 13.2 Å². The molecule has 0 atom stereocenters. The van der Waals surface area contributed by atoms with Crippen LogP contribution in [0.4, 0.5) is 13.2 Å². The topological polar surface area (TPSA) is 30.2 Å². The third-order valence-corrected chi connectivity index (χ3v) is 1.92. The predicted molar refractivity (Wildman–Crippen MR) is 48.0 cm³/mol. The van der Waals surface area contributed by atoms with E-state index >= 15 is 0 Å². The Morgan fingerprint density at radius 1 is 1.40 bits per heavy atom. The van der Waals surface area contributed by atoms with E-state index in [-0.39, 0.29) is 23.8 Å². The van der Waals surface area contributed by atoms with Crippen LogP contribution >= 0.6 is 11.6 Å². The predicted octanol–water partition coefficient (Wildman–Crippen LogP) is 3.85. The zero-order valence-corrected chi connectivity index (χ0v) is 8.36. The molecule has 15 heavy (non-hydrogen) atoms. The van der Waals surface area contributed by atoms with E-state index in [4.69, 9.17) is 16.0 Å². The SMILES string of the molecule is O=C(CCCC(F)(F)F)c1ccc(Cl)o1. The quantitative estimate of drug-likeness (QED) is 0.749. The van der Waals surface area contributed by atoms with Crippen LogP contribution in [-0.4, -0.2) is 12.0 Å². The number of ketones is 1. The Balaban J connectivity index is 2.37. The van der Waals surface area contributed by atoms with Gasteiger partial charge >= 0.3 is 6.18 Å². The first kappa shape index (κ1) is 12.1. The van der Waals surface area contributed by atoms with Gasteiger partial charge in [-0.15, -0.1) is 0 Å². The molecule has 0 bridgehead atoms. The average Bonchev–Trinajstić information content (AvgIpc) is 2.49. The fourth-order valence-electron chi connectivity index (χ4n) is 1.04. The molecule has 6 heteroatoms. The van der Waals surface area contributed by atoms with E-state index in [1.165, 1.54) is 12.1 Å². The molecular weight excluding hydrogens is 233 g/mol. The van der Waals surface area contributed by atoms with Crippen molar-refractivity contribution in [1.29, 1.82) is 0 Å². The molecule has 0 radical (unpaired) electrons. The van der Waals surface area contributed by atoms with Gasteiger partial charge in [0.1, 0.15) is 0 Å². The van der Waals surface area contributed by atoms with E-state index in [0.717, 1.165) is 0 Å². The molecule has 2 nitrogen and oxygen atoms in total. The van der Waals surface area contributed by atoms with Crippen LogP contribution in [0.3, 0.4) is 0 Å². The molecule has 0 fully saturated rings. The summed E-state index contributed by atoms with van der Waals surface area (Å²) in [4.78, 5) is 11.2. The van der Waals surface area contributed by atoms with Gasteiger partial charge in [-0.25, -0.2) is 0 Å². The van der Waals surface area contributed by atoms with Crippen LogP contribution in [0.5, 0.6) is 0 Å². The summed E-state index contributed by atoms with van der Waals surface area (Å²) in [6.07, 6.45) is -5.61. The Labute approximate surface area is 89.0 Å². The first-order chi connectivity index (χ1) is 6.88. The third kappa shape index (κ3) is 4.38. The lowest BCUT2D eigenvalue weighted by Crippen LogP contribution is -2.08. The monoisotopic (exact) mass is 240 g/mol. The molecule has 1 heterocycles. The van der Waals surface area contributed by atoms with E-state index in [9.17, 15) is 18.0 Å². The summed E-state index contributed by atoms with van der Waals surface area (Å²) in [5, 5.41) is 0.0502. The molecule has 0 saturated carbocycles. The molecule has 1 aromatic rings. The minimum atomic E-state index is -4.22. The van der Waals surface area contributed by atoms with Crippen molar-refractivity contribution < 1.29 is 22.4 Å². The zero-order chi connectivity index (χ0) is 11.5. The minimum absolute atomic E-state index is 0.00201. The van der Waals surface area contributed by atoms with Gasteiger partial charge in [0.15, 0.2) is 16.8 Å². The van der Waals surface area contributed by atoms with E-state index in [1.54, 1.807) is 0 Å². The largest absolute Gasteiger partial charge is 0.442 e. The highest BCUT2D eigenvalue weighted by molar-refractivity contribution is 6.29. The summed E-state index contributed by atoms with van der Waals surface area (Å²) in [7, 11) is 0. The van der Waals surface area contributed by atoms with Gasteiger partial charge < -0.3 is 4.42 Å². The van der Waals surface area contributed by atoms with Crippen molar-refractivity contribution in [3.63, 3.8) is 0 Å². The van der Waals surface area contributed by atoms with Crippen molar-refractivity contribution in [3.05, 3.63) is 23.1 Å². The molecule has 1 rings (SSSR count). The standard InChI is InChI=1S/C9H8ClF3O2/c10-8-4-3-7(15-8)6(14)2-1-5-9(11,12)13/h3-4H,1-2,5H2. The van der Waals surface area contributed by atoms with Crippen LogP contribution < -0.4 is 0 Å². The van der Waals surface area contributed by atoms with Crippen molar-refractivity contribution in [3.8, 4) is 0 Å². The zero-order valence-electron chi connectivity index (χ0n) is 7.60. The second kappa shape index (κ2) is 4.70. The van der Waals surface area contributed by atoms with Gasteiger partial charge in [-0.05, 0) is 30.2 Å². The molecule has 0 amide bonds. The van der Waals surface area contributed by atoms with Crippen LogP contribution in [0.15, 0.2) is 16.5 Å². The minimum Gasteiger partial charge on any atom is -0.442 e. The van der Waals surface area contributed by atoms with Gasteiger partial charge in [0, 0.05) is 12.8 Å². The third-order valence-electron chi connectivity index (χ3n) is 1.71. The second-order valence-electron chi connectivity index (χ2n) is 3.00. The second-order valence-corrected chi connectivity index (χ2v) is 3.37. The van der Waals surface area contributed by atoms with Crippen molar-refractivity contribution >= 4 is 17.4 Å². The maximum absolute atomic E-state index is 11.8. The van der Waals surface area contributed by atoms with Gasteiger partial charge in [-0.3, -0.25) is 4.79 Å². The molecule has 0 aliphatic rings. The molecule has 84 valence electrons. The Morgan fingerprint density at radius 2 is 2.07 bits per heavy atom. The molecule has 0 unspecified atom stereocenters. The Morgan fingerprint density at radius 3 is 2.53 bits per heavy atom. The summed E-state index contributed by atoms with van der Waals surface area (Å²) < 4.78 is 40.0. The lowest BCUT2D eigenvalue weighted by atomic mass is 10.1. The fraction of sp³-hybridized carbons (Fsp3) is 0.444. The van der Waals surface area contributed by atoms with E-state index in [2.05, 4.69) is 0 Å². The molecule has 0 saturated heterocycles.